The zero-order valence-electron chi connectivity index (χ0n) is 10.7. The third-order valence-corrected chi connectivity index (χ3v) is 3.29. The van der Waals surface area contributed by atoms with Gasteiger partial charge in [0.05, 0.1) is 6.26 Å². The standard InChI is InChI=1S/C7H5NOS.C6H15N/c1-2-6(9-4-1)7-8-3-5-10-7;1-4-7(5-2)6-3/h1-5H;4-6H2,1-3H3. The molecule has 94 valence electrons. The van der Waals surface area contributed by atoms with Gasteiger partial charge in [-0.15, -0.1) is 11.3 Å². The molecule has 17 heavy (non-hydrogen) atoms. The van der Waals surface area contributed by atoms with Crippen molar-refractivity contribution in [2.45, 2.75) is 20.8 Å². The number of hydrogen-bond acceptors (Lipinski definition) is 4. The van der Waals surface area contributed by atoms with Gasteiger partial charge in [0.25, 0.3) is 0 Å². The van der Waals surface area contributed by atoms with Gasteiger partial charge in [-0.3, -0.25) is 0 Å². The van der Waals surface area contributed by atoms with Gasteiger partial charge in [0.2, 0.25) is 0 Å². The molecule has 0 amide bonds. The molecule has 0 saturated heterocycles. The van der Waals surface area contributed by atoms with E-state index in [9.17, 15) is 0 Å². The Kier molecular flexibility index (Phi) is 6.58. The summed E-state index contributed by atoms with van der Waals surface area (Å²) < 4.78 is 5.13. The molecule has 2 aromatic rings. The molecule has 2 rings (SSSR count). The summed E-state index contributed by atoms with van der Waals surface area (Å²) in [5.74, 6) is 0.843. The van der Waals surface area contributed by atoms with E-state index in [1.54, 1.807) is 23.8 Å². The molecule has 4 heteroatoms. The Bertz CT molecular complexity index is 328. The molecule has 3 nitrogen and oxygen atoms in total. The molecular formula is C13H20N2OS. The zero-order valence-corrected chi connectivity index (χ0v) is 11.5. The first-order chi connectivity index (χ1) is 8.31. The molecule has 0 radical (unpaired) electrons. The molecule has 0 N–H and O–H groups in total. The summed E-state index contributed by atoms with van der Waals surface area (Å²) in [5, 5.41) is 2.86. The van der Waals surface area contributed by atoms with Crippen LogP contribution in [-0.4, -0.2) is 29.5 Å². The Labute approximate surface area is 107 Å². The quantitative estimate of drug-likeness (QED) is 0.830. The molecule has 0 aliphatic rings. The number of aromatic nitrogens is 1. The van der Waals surface area contributed by atoms with Crippen molar-refractivity contribution in [2.24, 2.45) is 0 Å². The van der Waals surface area contributed by atoms with E-state index in [0.717, 1.165) is 10.8 Å². The first kappa shape index (κ1) is 13.9. The minimum absolute atomic E-state index is 0.843. The molecule has 0 aromatic carbocycles. The second-order valence-electron chi connectivity index (χ2n) is 3.43. The first-order valence-corrected chi connectivity index (χ1v) is 6.85. The van der Waals surface area contributed by atoms with E-state index in [4.69, 9.17) is 4.42 Å². The fraction of sp³-hybridized carbons (Fsp3) is 0.462. The van der Waals surface area contributed by atoms with E-state index in [1.165, 1.54) is 19.6 Å². The van der Waals surface area contributed by atoms with E-state index >= 15 is 0 Å². The van der Waals surface area contributed by atoms with Crippen LogP contribution < -0.4 is 0 Å². The summed E-state index contributed by atoms with van der Waals surface area (Å²) in [4.78, 5) is 6.46. The highest BCUT2D eigenvalue weighted by Crippen LogP contribution is 2.20. The molecule has 0 aliphatic carbocycles. The Morgan fingerprint density at radius 2 is 1.94 bits per heavy atom. The molecule has 2 aromatic heterocycles. The Morgan fingerprint density at radius 3 is 2.29 bits per heavy atom. The van der Waals surface area contributed by atoms with Gasteiger partial charge in [0.15, 0.2) is 10.8 Å². The van der Waals surface area contributed by atoms with Crippen molar-refractivity contribution in [3.8, 4) is 10.8 Å². The minimum Gasteiger partial charge on any atom is -0.462 e. The van der Waals surface area contributed by atoms with Crippen molar-refractivity contribution in [1.29, 1.82) is 0 Å². The Balaban J connectivity index is 0.000000185. The van der Waals surface area contributed by atoms with Crippen LogP contribution in [0.1, 0.15) is 20.8 Å². The van der Waals surface area contributed by atoms with Crippen LogP contribution in [0, 0.1) is 0 Å². The second kappa shape index (κ2) is 8.03. The van der Waals surface area contributed by atoms with Crippen LogP contribution >= 0.6 is 11.3 Å². The smallest absolute Gasteiger partial charge is 0.162 e. The van der Waals surface area contributed by atoms with Crippen LogP contribution in [-0.2, 0) is 0 Å². The molecule has 0 atom stereocenters. The fourth-order valence-corrected chi connectivity index (χ4v) is 2.02. The molecule has 0 spiro atoms. The van der Waals surface area contributed by atoms with Crippen LogP contribution in [0.4, 0.5) is 0 Å². The van der Waals surface area contributed by atoms with Crippen molar-refractivity contribution in [3.05, 3.63) is 30.0 Å². The number of rotatable bonds is 4. The number of nitrogens with zero attached hydrogens (tertiary/aromatic N) is 2. The third kappa shape index (κ3) is 4.71. The Morgan fingerprint density at radius 1 is 1.24 bits per heavy atom. The van der Waals surface area contributed by atoms with Gasteiger partial charge in [-0.2, -0.15) is 0 Å². The van der Waals surface area contributed by atoms with Crippen molar-refractivity contribution in [2.75, 3.05) is 19.6 Å². The molecule has 0 bridgehead atoms. The van der Waals surface area contributed by atoms with Crippen molar-refractivity contribution in [3.63, 3.8) is 0 Å². The lowest BCUT2D eigenvalue weighted by atomic mass is 10.5. The predicted molar refractivity (Wildman–Crippen MR) is 73.3 cm³/mol. The zero-order chi connectivity index (χ0) is 12.5. The van der Waals surface area contributed by atoms with E-state index in [1.807, 2.05) is 17.5 Å². The molecule has 0 unspecified atom stereocenters. The SMILES string of the molecule is CCN(CC)CC.c1coc(-c2nccs2)c1. The van der Waals surface area contributed by atoms with Gasteiger partial charge in [-0.1, -0.05) is 20.8 Å². The maximum atomic E-state index is 5.13. The summed E-state index contributed by atoms with van der Waals surface area (Å²) in [6, 6.07) is 3.76. The van der Waals surface area contributed by atoms with Crippen LogP contribution in [0.2, 0.25) is 0 Å². The molecule has 0 saturated carbocycles. The predicted octanol–water partition coefficient (Wildman–Crippen LogP) is 3.75. The summed E-state index contributed by atoms with van der Waals surface area (Å²) in [6.07, 6.45) is 3.42. The molecule has 0 aliphatic heterocycles. The molecular weight excluding hydrogens is 232 g/mol. The molecule has 2 heterocycles. The van der Waals surface area contributed by atoms with Gasteiger partial charge in [-0.25, -0.2) is 4.98 Å². The van der Waals surface area contributed by atoms with Crippen LogP contribution in [0.3, 0.4) is 0 Å². The number of thiazole rings is 1. The maximum absolute atomic E-state index is 5.13. The van der Waals surface area contributed by atoms with Gasteiger partial charge in [0, 0.05) is 11.6 Å². The summed E-state index contributed by atoms with van der Waals surface area (Å²) in [6.45, 7) is 10.1. The summed E-state index contributed by atoms with van der Waals surface area (Å²) in [7, 11) is 0. The van der Waals surface area contributed by atoms with Crippen LogP contribution in [0.15, 0.2) is 34.4 Å². The van der Waals surface area contributed by atoms with Crippen molar-refractivity contribution < 1.29 is 4.42 Å². The van der Waals surface area contributed by atoms with E-state index < -0.39 is 0 Å². The van der Waals surface area contributed by atoms with Crippen LogP contribution in [0.25, 0.3) is 10.8 Å². The van der Waals surface area contributed by atoms with Gasteiger partial charge in [-0.05, 0) is 31.8 Å². The molecule has 0 fully saturated rings. The highest BCUT2D eigenvalue weighted by Gasteiger charge is 2.00. The van der Waals surface area contributed by atoms with Gasteiger partial charge in [0.1, 0.15) is 0 Å². The summed E-state index contributed by atoms with van der Waals surface area (Å²) in [5.41, 5.74) is 0. The van der Waals surface area contributed by atoms with Crippen LogP contribution in [0.5, 0.6) is 0 Å². The topological polar surface area (TPSA) is 29.3 Å². The second-order valence-corrected chi connectivity index (χ2v) is 4.33. The largest absolute Gasteiger partial charge is 0.462 e. The average Bonchev–Trinajstić information content (AvgIpc) is 3.05. The van der Waals surface area contributed by atoms with Gasteiger partial charge < -0.3 is 9.32 Å². The van der Waals surface area contributed by atoms with Crippen molar-refractivity contribution >= 4 is 11.3 Å². The van der Waals surface area contributed by atoms with E-state index in [2.05, 4.69) is 30.7 Å². The minimum atomic E-state index is 0.843. The number of furan rings is 1. The lowest BCUT2D eigenvalue weighted by molar-refractivity contribution is 0.321. The lowest BCUT2D eigenvalue weighted by Gasteiger charge is -2.13. The summed E-state index contributed by atoms with van der Waals surface area (Å²) >= 11 is 1.58. The third-order valence-electron chi connectivity index (χ3n) is 2.51. The maximum Gasteiger partial charge on any atom is 0.162 e. The highest BCUT2D eigenvalue weighted by molar-refractivity contribution is 7.13. The normalized spacial score (nSPS) is 10.1. The van der Waals surface area contributed by atoms with E-state index in [-0.39, 0.29) is 0 Å². The fourth-order valence-electron chi connectivity index (χ4n) is 1.42. The van der Waals surface area contributed by atoms with Crippen molar-refractivity contribution in [1.82, 2.24) is 9.88 Å². The highest BCUT2D eigenvalue weighted by atomic mass is 32.1. The van der Waals surface area contributed by atoms with Gasteiger partial charge >= 0.3 is 0 Å². The Hall–Kier alpha value is -1.13. The van der Waals surface area contributed by atoms with E-state index in [0.29, 0.717) is 0 Å². The monoisotopic (exact) mass is 252 g/mol. The number of hydrogen-bond donors (Lipinski definition) is 0. The first-order valence-electron chi connectivity index (χ1n) is 5.97. The lowest BCUT2D eigenvalue weighted by Crippen LogP contribution is -2.21. The average molecular weight is 252 g/mol.